The highest BCUT2D eigenvalue weighted by atomic mass is 35.5. The number of piperidine rings is 1. The van der Waals surface area contributed by atoms with Gasteiger partial charge in [0.05, 0.1) is 27.5 Å². The second-order valence-electron chi connectivity index (χ2n) is 9.86. The summed E-state index contributed by atoms with van der Waals surface area (Å²) in [5.74, 6) is -0.495. The van der Waals surface area contributed by atoms with E-state index in [1.807, 2.05) is 0 Å². The number of alkyl halides is 3. The van der Waals surface area contributed by atoms with Crippen LogP contribution in [-0.2, 0) is 16.4 Å². The van der Waals surface area contributed by atoms with Crippen molar-refractivity contribution < 1.29 is 36.3 Å². The monoisotopic (exact) mass is 637 g/mol. The highest BCUT2D eigenvalue weighted by Gasteiger charge is 2.32. The smallest absolute Gasteiger partial charge is 0.416 e. The lowest BCUT2D eigenvalue weighted by molar-refractivity contribution is -0.137. The first kappa shape index (κ1) is 31.2. The van der Waals surface area contributed by atoms with E-state index < -0.39 is 33.9 Å². The largest absolute Gasteiger partial charge is 0.465 e. The van der Waals surface area contributed by atoms with E-state index in [4.69, 9.17) is 28.3 Å². The number of carbonyl (C=O) groups excluding carboxylic acids is 1. The molecule has 2 heterocycles. The van der Waals surface area contributed by atoms with Gasteiger partial charge < -0.3 is 20.2 Å². The van der Waals surface area contributed by atoms with E-state index in [0.717, 1.165) is 31.5 Å². The highest BCUT2D eigenvalue weighted by Crippen LogP contribution is 2.34. The summed E-state index contributed by atoms with van der Waals surface area (Å²) in [5, 5.41) is 11.3. The second-order valence-corrected chi connectivity index (χ2v) is 12.4. The van der Waals surface area contributed by atoms with Crippen LogP contribution in [0.2, 0.25) is 10.0 Å². The maximum absolute atomic E-state index is 13.2. The number of rotatable bonds is 7. The molecule has 3 N–H and O–H groups in total. The minimum Gasteiger partial charge on any atom is -0.465 e. The van der Waals surface area contributed by atoms with Gasteiger partial charge in [0.1, 0.15) is 0 Å². The number of likely N-dealkylation sites (tertiary alicyclic amines) is 1. The maximum atomic E-state index is 13.2. The number of anilines is 2. The van der Waals surface area contributed by atoms with Gasteiger partial charge in [0.25, 0.3) is 5.91 Å². The molecule has 41 heavy (non-hydrogen) atoms. The van der Waals surface area contributed by atoms with Crippen LogP contribution in [0.1, 0.15) is 28.8 Å². The van der Waals surface area contributed by atoms with Gasteiger partial charge in [-0.3, -0.25) is 9.52 Å². The fraction of sp³-hybridized carbons (Fsp3) is 0.440. The molecule has 16 heteroatoms. The summed E-state index contributed by atoms with van der Waals surface area (Å²) in [5.41, 5.74) is -1.30. The summed E-state index contributed by atoms with van der Waals surface area (Å²) >= 11 is 12.0. The molecule has 10 nitrogen and oxygen atoms in total. The standard InChI is InChI=1S/C25H28Cl2F3N5O5S/c26-18-2-4-21(19(14-18)23(36)31-22-3-1-17(13-20(22)27)25(28,29)30)32-41(39,40)35-11-9-33(10-12-35)15-16-5-7-34(8-6-16)24(37)38/h1-4,13-14,16,32H,5-12,15H2,(H,31,36)(H,37,38). The zero-order chi connectivity index (χ0) is 29.9. The molecular weight excluding hydrogens is 610 g/mol. The summed E-state index contributed by atoms with van der Waals surface area (Å²) in [6, 6.07) is 6.41. The zero-order valence-electron chi connectivity index (χ0n) is 21.6. The van der Waals surface area contributed by atoms with Crippen LogP contribution in [0.15, 0.2) is 36.4 Å². The van der Waals surface area contributed by atoms with Crippen molar-refractivity contribution >= 4 is 56.8 Å². The Balaban J connectivity index is 1.38. The number of amides is 2. The minimum atomic E-state index is -4.62. The molecule has 2 aliphatic rings. The van der Waals surface area contributed by atoms with Gasteiger partial charge in [-0.15, -0.1) is 0 Å². The first-order valence-corrected chi connectivity index (χ1v) is 14.9. The SMILES string of the molecule is O=C(Nc1ccc(C(F)(F)F)cc1Cl)c1cc(Cl)ccc1NS(=O)(=O)N1CCN(CC2CCN(C(=O)O)CC2)CC1. The molecule has 0 atom stereocenters. The number of carbonyl (C=O) groups is 2. The lowest BCUT2D eigenvalue weighted by Crippen LogP contribution is -2.51. The number of carboxylic acid groups (broad SMARTS) is 1. The average molecular weight is 638 g/mol. The van der Waals surface area contributed by atoms with E-state index in [9.17, 15) is 31.2 Å². The van der Waals surface area contributed by atoms with Crippen molar-refractivity contribution in [3.8, 4) is 0 Å². The van der Waals surface area contributed by atoms with Crippen LogP contribution in [0.3, 0.4) is 0 Å². The molecule has 2 amide bonds. The van der Waals surface area contributed by atoms with Crippen LogP contribution in [0.25, 0.3) is 0 Å². The van der Waals surface area contributed by atoms with Gasteiger partial charge >= 0.3 is 22.5 Å². The Morgan fingerprint density at radius 2 is 1.59 bits per heavy atom. The van der Waals surface area contributed by atoms with Crippen molar-refractivity contribution in [2.75, 3.05) is 55.9 Å². The Morgan fingerprint density at radius 1 is 0.951 bits per heavy atom. The number of hydrogen-bond acceptors (Lipinski definition) is 5. The van der Waals surface area contributed by atoms with E-state index in [1.54, 1.807) is 0 Å². The Morgan fingerprint density at radius 3 is 2.17 bits per heavy atom. The fourth-order valence-electron chi connectivity index (χ4n) is 4.80. The Kier molecular flexibility index (Phi) is 9.59. The van der Waals surface area contributed by atoms with Gasteiger partial charge in [-0.1, -0.05) is 23.2 Å². The zero-order valence-corrected chi connectivity index (χ0v) is 24.0. The Labute approximate surface area is 245 Å². The van der Waals surface area contributed by atoms with E-state index in [0.29, 0.717) is 38.2 Å². The van der Waals surface area contributed by atoms with Crippen LogP contribution in [0, 0.1) is 5.92 Å². The van der Waals surface area contributed by atoms with Crippen LogP contribution in [0.4, 0.5) is 29.3 Å². The molecule has 0 saturated carbocycles. The summed E-state index contributed by atoms with van der Waals surface area (Å²) in [6.45, 7) is 3.11. The average Bonchev–Trinajstić information content (AvgIpc) is 2.90. The summed E-state index contributed by atoms with van der Waals surface area (Å²) < 4.78 is 68.9. The predicted molar refractivity (Wildman–Crippen MR) is 149 cm³/mol. The summed E-state index contributed by atoms with van der Waals surface area (Å²) in [7, 11) is -4.07. The van der Waals surface area contributed by atoms with Crippen molar-refractivity contribution in [2.45, 2.75) is 19.0 Å². The molecule has 0 bridgehead atoms. The first-order valence-electron chi connectivity index (χ1n) is 12.7. The molecule has 2 aromatic rings. The molecule has 2 saturated heterocycles. The van der Waals surface area contributed by atoms with Crippen LogP contribution in [0.5, 0.6) is 0 Å². The van der Waals surface area contributed by atoms with Gasteiger partial charge in [0.15, 0.2) is 0 Å². The Hall–Kier alpha value is -2.78. The van der Waals surface area contributed by atoms with Crippen LogP contribution >= 0.6 is 23.2 Å². The van der Waals surface area contributed by atoms with Crippen LogP contribution in [-0.4, -0.2) is 85.4 Å². The number of benzene rings is 2. The van der Waals surface area contributed by atoms with E-state index >= 15 is 0 Å². The lowest BCUT2D eigenvalue weighted by atomic mass is 9.96. The van der Waals surface area contributed by atoms with E-state index in [-0.39, 0.29) is 40.1 Å². The molecular formula is C25H28Cl2F3N5O5S. The van der Waals surface area contributed by atoms with Gasteiger partial charge in [-0.2, -0.15) is 25.9 Å². The van der Waals surface area contributed by atoms with E-state index in [2.05, 4.69) is 14.9 Å². The van der Waals surface area contributed by atoms with Crippen LogP contribution < -0.4 is 10.0 Å². The summed E-state index contributed by atoms with van der Waals surface area (Å²) in [4.78, 5) is 27.7. The molecule has 0 spiro atoms. The molecule has 2 fully saturated rings. The molecule has 2 aromatic carbocycles. The first-order chi connectivity index (χ1) is 19.2. The summed E-state index contributed by atoms with van der Waals surface area (Å²) in [6.07, 6.45) is -4.02. The molecule has 0 aromatic heterocycles. The lowest BCUT2D eigenvalue weighted by Gasteiger charge is -2.38. The fourth-order valence-corrected chi connectivity index (χ4v) is 6.43. The van der Waals surface area contributed by atoms with Gasteiger partial charge in [-0.05, 0) is 55.2 Å². The normalized spacial score (nSPS) is 17.8. The molecule has 0 radical (unpaired) electrons. The van der Waals surface area contributed by atoms with Gasteiger partial charge in [-0.25, -0.2) is 4.79 Å². The number of piperazine rings is 1. The maximum Gasteiger partial charge on any atom is 0.416 e. The number of nitrogens with one attached hydrogen (secondary N) is 2. The molecule has 4 rings (SSSR count). The number of nitrogens with zero attached hydrogens (tertiary/aromatic N) is 3. The predicted octanol–water partition coefficient (Wildman–Crippen LogP) is 4.93. The minimum absolute atomic E-state index is 0.0671. The third-order valence-corrected chi connectivity index (χ3v) is 9.15. The van der Waals surface area contributed by atoms with Crippen molar-refractivity contribution in [2.24, 2.45) is 5.92 Å². The Bertz CT molecular complexity index is 1400. The van der Waals surface area contributed by atoms with Gasteiger partial charge in [0.2, 0.25) is 0 Å². The number of hydrogen-bond donors (Lipinski definition) is 3. The third kappa shape index (κ3) is 7.95. The van der Waals surface area contributed by atoms with Crippen molar-refractivity contribution in [3.63, 3.8) is 0 Å². The quantitative estimate of drug-likeness (QED) is 0.396. The van der Waals surface area contributed by atoms with Crippen molar-refractivity contribution in [1.82, 2.24) is 14.1 Å². The third-order valence-electron chi connectivity index (χ3n) is 7.08. The molecule has 0 unspecified atom stereocenters. The molecule has 0 aliphatic carbocycles. The molecule has 224 valence electrons. The highest BCUT2D eigenvalue weighted by molar-refractivity contribution is 7.90. The van der Waals surface area contributed by atoms with Crippen molar-refractivity contribution in [3.05, 3.63) is 57.6 Å². The topological polar surface area (TPSA) is 122 Å². The second kappa shape index (κ2) is 12.6. The van der Waals surface area contributed by atoms with E-state index in [1.165, 1.54) is 27.4 Å². The number of halogens is 5. The van der Waals surface area contributed by atoms with Gasteiger partial charge in [0, 0.05) is 50.8 Å². The van der Waals surface area contributed by atoms with Crippen molar-refractivity contribution in [1.29, 1.82) is 0 Å². The molecule has 2 aliphatic heterocycles.